The molecule has 0 radical (unpaired) electrons. The molecule has 11 heavy (non-hydrogen) atoms. The van der Waals surface area contributed by atoms with Gasteiger partial charge in [-0.25, -0.2) is 9.37 Å². The Morgan fingerprint density at radius 1 is 1.55 bits per heavy atom. The highest BCUT2D eigenvalue weighted by Gasteiger charge is 2.02. The van der Waals surface area contributed by atoms with Crippen LogP contribution in [0.3, 0.4) is 0 Å². The topological polar surface area (TPSA) is 25.8 Å². The van der Waals surface area contributed by atoms with Crippen LogP contribution in [0.25, 0.3) is 10.2 Å². The van der Waals surface area contributed by atoms with Crippen LogP contribution in [0.15, 0.2) is 12.3 Å². The molecule has 0 N–H and O–H groups in total. The van der Waals surface area contributed by atoms with Crippen molar-refractivity contribution in [1.29, 1.82) is 0 Å². The Balaban J connectivity index is 2.87. The van der Waals surface area contributed by atoms with Gasteiger partial charge in [0.2, 0.25) is 0 Å². The minimum Gasteiger partial charge on any atom is -0.241 e. The predicted molar refractivity (Wildman–Crippen MR) is 42.1 cm³/mol. The van der Waals surface area contributed by atoms with E-state index in [1.807, 2.05) is 6.92 Å². The monoisotopic (exact) mass is 168 g/mol. The Morgan fingerprint density at radius 2 is 2.36 bits per heavy atom. The van der Waals surface area contributed by atoms with Crippen molar-refractivity contribution in [3.8, 4) is 0 Å². The minimum atomic E-state index is -0.305. The number of halogens is 1. The molecule has 0 atom stereocenters. The Bertz CT molecular complexity index is 396. The van der Waals surface area contributed by atoms with Gasteiger partial charge in [-0.3, -0.25) is 0 Å². The normalized spacial score (nSPS) is 10.7. The van der Waals surface area contributed by atoms with Gasteiger partial charge in [0.05, 0.1) is 11.9 Å². The van der Waals surface area contributed by atoms with E-state index in [2.05, 4.69) is 9.36 Å². The van der Waals surface area contributed by atoms with E-state index in [-0.39, 0.29) is 5.82 Å². The molecule has 0 spiro atoms. The maximum atomic E-state index is 12.6. The summed E-state index contributed by atoms with van der Waals surface area (Å²) in [7, 11) is 0. The van der Waals surface area contributed by atoms with Gasteiger partial charge in [0.25, 0.3) is 0 Å². The zero-order valence-corrected chi connectivity index (χ0v) is 6.65. The first kappa shape index (κ1) is 6.67. The lowest BCUT2D eigenvalue weighted by atomic mass is 10.3. The van der Waals surface area contributed by atoms with Gasteiger partial charge < -0.3 is 0 Å². The van der Waals surface area contributed by atoms with Crippen LogP contribution in [-0.4, -0.2) is 9.36 Å². The number of hydrogen-bond donors (Lipinski definition) is 0. The highest BCUT2D eigenvalue weighted by molar-refractivity contribution is 7.12. The SMILES string of the molecule is Cc1nsc2ncc(F)cc12. The third kappa shape index (κ3) is 0.991. The van der Waals surface area contributed by atoms with E-state index in [1.54, 1.807) is 0 Å². The van der Waals surface area contributed by atoms with Crippen molar-refractivity contribution in [1.82, 2.24) is 9.36 Å². The molecule has 0 aromatic carbocycles. The van der Waals surface area contributed by atoms with Gasteiger partial charge in [0.15, 0.2) is 0 Å². The lowest BCUT2D eigenvalue weighted by Crippen LogP contribution is -1.77. The summed E-state index contributed by atoms with van der Waals surface area (Å²) in [6.45, 7) is 1.85. The molecule has 56 valence electrons. The zero-order chi connectivity index (χ0) is 7.84. The Labute approximate surface area is 66.9 Å². The first-order chi connectivity index (χ1) is 5.27. The van der Waals surface area contributed by atoms with Crippen LogP contribution in [0.4, 0.5) is 4.39 Å². The third-order valence-corrected chi connectivity index (χ3v) is 2.34. The third-order valence-electron chi connectivity index (χ3n) is 1.48. The van der Waals surface area contributed by atoms with E-state index in [1.165, 1.54) is 23.8 Å². The van der Waals surface area contributed by atoms with Crippen molar-refractivity contribution in [2.24, 2.45) is 0 Å². The van der Waals surface area contributed by atoms with Crippen LogP contribution in [0.1, 0.15) is 5.69 Å². The smallest absolute Gasteiger partial charge is 0.143 e. The second-order valence-electron chi connectivity index (χ2n) is 2.27. The highest BCUT2D eigenvalue weighted by Crippen LogP contribution is 2.19. The first-order valence-electron chi connectivity index (χ1n) is 3.15. The molecule has 2 rings (SSSR count). The summed E-state index contributed by atoms with van der Waals surface area (Å²) in [5.74, 6) is -0.305. The summed E-state index contributed by atoms with van der Waals surface area (Å²) < 4.78 is 16.7. The average molecular weight is 168 g/mol. The molecule has 0 saturated heterocycles. The summed E-state index contributed by atoms with van der Waals surface area (Å²) in [4.78, 5) is 4.68. The van der Waals surface area contributed by atoms with Crippen molar-refractivity contribution in [2.45, 2.75) is 6.92 Å². The molecule has 0 amide bonds. The molecular weight excluding hydrogens is 163 g/mol. The second-order valence-corrected chi connectivity index (χ2v) is 3.03. The fraction of sp³-hybridized carbons (Fsp3) is 0.143. The number of fused-ring (bicyclic) bond motifs is 1. The van der Waals surface area contributed by atoms with Crippen LogP contribution in [0.5, 0.6) is 0 Å². The molecule has 0 fully saturated rings. The van der Waals surface area contributed by atoms with Gasteiger partial charge in [0, 0.05) is 5.39 Å². The van der Waals surface area contributed by atoms with Crippen LogP contribution >= 0.6 is 11.5 Å². The second kappa shape index (κ2) is 2.23. The van der Waals surface area contributed by atoms with Crippen LogP contribution < -0.4 is 0 Å². The highest BCUT2D eigenvalue weighted by atomic mass is 32.1. The lowest BCUT2D eigenvalue weighted by molar-refractivity contribution is 0.624. The standard InChI is InChI=1S/C7H5FN2S/c1-4-6-2-5(8)3-9-7(6)11-10-4/h2-3H,1H3. The number of aromatic nitrogens is 2. The van der Waals surface area contributed by atoms with Gasteiger partial charge >= 0.3 is 0 Å². The molecule has 4 heteroatoms. The van der Waals surface area contributed by atoms with Gasteiger partial charge in [0.1, 0.15) is 10.6 Å². The Kier molecular flexibility index (Phi) is 1.35. The van der Waals surface area contributed by atoms with Crippen molar-refractivity contribution >= 4 is 21.7 Å². The average Bonchev–Trinajstić information content (AvgIpc) is 2.33. The van der Waals surface area contributed by atoms with Crippen LogP contribution in [-0.2, 0) is 0 Å². The maximum Gasteiger partial charge on any atom is 0.143 e. The molecule has 0 aliphatic rings. The summed E-state index contributed by atoms with van der Waals surface area (Å²) in [6, 6.07) is 1.46. The molecule has 0 aliphatic carbocycles. The van der Waals surface area contributed by atoms with Crippen molar-refractivity contribution in [2.75, 3.05) is 0 Å². The van der Waals surface area contributed by atoms with E-state index in [0.29, 0.717) is 0 Å². The largest absolute Gasteiger partial charge is 0.241 e. The first-order valence-corrected chi connectivity index (χ1v) is 3.92. The maximum absolute atomic E-state index is 12.6. The van der Waals surface area contributed by atoms with E-state index >= 15 is 0 Å². The summed E-state index contributed by atoms with van der Waals surface area (Å²) in [5, 5.41) is 0.815. The van der Waals surface area contributed by atoms with E-state index < -0.39 is 0 Å². The van der Waals surface area contributed by atoms with E-state index in [4.69, 9.17) is 0 Å². The molecule has 2 aromatic rings. The number of nitrogens with zero attached hydrogens (tertiary/aromatic N) is 2. The quantitative estimate of drug-likeness (QED) is 0.602. The van der Waals surface area contributed by atoms with Crippen LogP contribution in [0.2, 0.25) is 0 Å². The number of aryl methyl sites for hydroxylation is 1. The van der Waals surface area contributed by atoms with Crippen molar-refractivity contribution < 1.29 is 4.39 Å². The molecular formula is C7H5FN2S. The summed E-state index contributed by atoms with van der Waals surface area (Å²) in [6.07, 6.45) is 1.21. The van der Waals surface area contributed by atoms with Gasteiger partial charge in [-0.1, -0.05) is 0 Å². The Hall–Kier alpha value is -1.03. The van der Waals surface area contributed by atoms with E-state index in [9.17, 15) is 4.39 Å². The zero-order valence-electron chi connectivity index (χ0n) is 5.84. The van der Waals surface area contributed by atoms with Crippen LogP contribution in [0, 0.1) is 12.7 Å². The fourth-order valence-corrected chi connectivity index (χ4v) is 1.65. The Morgan fingerprint density at radius 3 is 3.18 bits per heavy atom. The molecule has 2 nitrogen and oxygen atoms in total. The van der Waals surface area contributed by atoms with Gasteiger partial charge in [-0.15, -0.1) is 0 Å². The summed E-state index contributed by atoms with van der Waals surface area (Å²) in [5.41, 5.74) is 0.844. The van der Waals surface area contributed by atoms with Gasteiger partial charge in [-0.05, 0) is 24.5 Å². The summed E-state index contributed by atoms with van der Waals surface area (Å²) >= 11 is 1.29. The van der Waals surface area contributed by atoms with Gasteiger partial charge in [-0.2, -0.15) is 4.37 Å². The predicted octanol–water partition coefficient (Wildman–Crippen LogP) is 2.14. The van der Waals surface area contributed by atoms with Crippen molar-refractivity contribution in [3.05, 3.63) is 23.8 Å². The lowest BCUT2D eigenvalue weighted by Gasteiger charge is -1.87. The minimum absolute atomic E-state index is 0.305. The van der Waals surface area contributed by atoms with E-state index in [0.717, 1.165) is 15.9 Å². The number of hydrogen-bond acceptors (Lipinski definition) is 3. The fourth-order valence-electron chi connectivity index (χ4n) is 0.920. The van der Waals surface area contributed by atoms with Crippen molar-refractivity contribution in [3.63, 3.8) is 0 Å². The molecule has 0 saturated carbocycles. The molecule has 0 aliphatic heterocycles. The number of rotatable bonds is 0. The molecule has 2 heterocycles. The molecule has 0 bridgehead atoms. The number of pyridine rings is 1. The molecule has 0 unspecified atom stereocenters. The molecule has 2 aromatic heterocycles.